The molecule has 1 heterocycles. The highest BCUT2D eigenvalue weighted by atomic mass is 35.5. The van der Waals surface area contributed by atoms with Crippen molar-refractivity contribution >= 4 is 58.3 Å². The van der Waals surface area contributed by atoms with Crippen LogP contribution < -0.4 is 10.1 Å². The van der Waals surface area contributed by atoms with Crippen LogP contribution in [0.3, 0.4) is 0 Å². The van der Waals surface area contributed by atoms with E-state index in [1.165, 1.54) is 23.5 Å². The summed E-state index contributed by atoms with van der Waals surface area (Å²) in [6.07, 6.45) is 1.28. The number of thioether (sulfide) groups is 2. The second-order valence-electron chi connectivity index (χ2n) is 5.46. The number of hydrogen-bond donors (Lipinski definition) is 1. The summed E-state index contributed by atoms with van der Waals surface area (Å²) >= 11 is 15.8. The maximum atomic E-state index is 12.0. The predicted octanol–water partition coefficient (Wildman–Crippen LogP) is 5.88. The summed E-state index contributed by atoms with van der Waals surface area (Å²) < 4.78 is 6.05. The van der Waals surface area contributed by atoms with Gasteiger partial charge in [-0.15, -0.1) is 23.5 Å². The molecule has 2 aromatic carbocycles. The van der Waals surface area contributed by atoms with Crippen LogP contribution in [0.5, 0.6) is 5.75 Å². The minimum Gasteiger partial charge on any atom is -0.484 e. The second-order valence-corrected chi connectivity index (χ2v) is 9.03. The molecule has 1 aliphatic rings. The lowest BCUT2D eigenvalue weighted by molar-refractivity contribution is -0.118. The topological polar surface area (TPSA) is 38.3 Å². The number of nitrogens with one attached hydrogen (secondary N) is 1. The fourth-order valence-corrected chi connectivity index (χ4v) is 5.68. The normalized spacial score (nSPS) is 15.0. The van der Waals surface area contributed by atoms with E-state index in [0.717, 1.165) is 0 Å². The highest BCUT2D eigenvalue weighted by Gasteiger charge is 2.16. The molecule has 0 aliphatic carbocycles. The van der Waals surface area contributed by atoms with Gasteiger partial charge in [-0.05, 0) is 53.8 Å². The van der Waals surface area contributed by atoms with Crippen molar-refractivity contribution in [2.45, 2.75) is 11.0 Å². The first kappa shape index (κ1) is 18.8. The Morgan fingerprint density at radius 3 is 2.52 bits per heavy atom. The van der Waals surface area contributed by atoms with Gasteiger partial charge in [-0.1, -0.05) is 35.3 Å². The summed E-state index contributed by atoms with van der Waals surface area (Å²) in [5.41, 5.74) is 1.81. The number of carbonyl (C=O) groups is 1. The third kappa shape index (κ3) is 5.48. The summed E-state index contributed by atoms with van der Waals surface area (Å²) in [6, 6.07) is 12.9. The Balaban J connectivity index is 1.51. The van der Waals surface area contributed by atoms with E-state index in [4.69, 9.17) is 27.9 Å². The smallest absolute Gasteiger partial charge is 0.262 e. The van der Waals surface area contributed by atoms with Gasteiger partial charge in [-0.25, -0.2) is 0 Å². The van der Waals surface area contributed by atoms with E-state index in [1.807, 2.05) is 35.7 Å². The fraction of sp³-hybridized carbons (Fsp3) is 0.278. The number of halogens is 2. The molecule has 0 unspecified atom stereocenters. The van der Waals surface area contributed by atoms with Crippen LogP contribution in [0, 0.1) is 0 Å². The van der Waals surface area contributed by atoms with Crippen LogP contribution in [-0.4, -0.2) is 24.0 Å². The molecule has 1 fully saturated rings. The molecule has 3 nitrogen and oxygen atoms in total. The third-order valence-electron chi connectivity index (χ3n) is 3.55. The molecule has 3 rings (SSSR count). The maximum absolute atomic E-state index is 12.0. The summed E-state index contributed by atoms with van der Waals surface area (Å²) in [7, 11) is 0. The Kier molecular flexibility index (Phi) is 6.82. The highest BCUT2D eigenvalue weighted by Crippen LogP contribution is 2.43. The summed E-state index contributed by atoms with van der Waals surface area (Å²) in [5.74, 6) is 2.82. The summed E-state index contributed by atoms with van der Waals surface area (Å²) in [6.45, 7) is -0.0781. The second kappa shape index (κ2) is 9.08. The zero-order chi connectivity index (χ0) is 17.6. The van der Waals surface area contributed by atoms with Crippen LogP contribution in [0.25, 0.3) is 0 Å². The van der Waals surface area contributed by atoms with Crippen molar-refractivity contribution in [2.24, 2.45) is 0 Å². The number of rotatable bonds is 5. The zero-order valence-corrected chi connectivity index (χ0v) is 16.5. The van der Waals surface area contributed by atoms with Crippen molar-refractivity contribution in [3.63, 3.8) is 0 Å². The van der Waals surface area contributed by atoms with Crippen molar-refractivity contribution < 1.29 is 9.53 Å². The summed E-state index contributed by atoms with van der Waals surface area (Å²) in [5, 5.41) is 3.63. The van der Waals surface area contributed by atoms with E-state index >= 15 is 0 Å². The highest BCUT2D eigenvalue weighted by molar-refractivity contribution is 8.16. The molecular formula is C18H17Cl2NO2S2. The average molecular weight is 414 g/mol. The van der Waals surface area contributed by atoms with E-state index in [2.05, 4.69) is 17.4 Å². The van der Waals surface area contributed by atoms with Gasteiger partial charge in [0.25, 0.3) is 5.91 Å². The molecule has 0 saturated carbocycles. The zero-order valence-electron chi connectivity index (χ0n) is 13.3. The lowest BCUT2D eigenvalue weighted by atomic mass is 10.2. The molecule has 132 valence electrons. The van der Waals surface area contributed by atoms with Crippen LogP contribution in [0.4, 0.5) is 5.69 Å². The van der Waals surface area contributed by atoms with Gasteiger partial charge in [0, 0.05) is 5.02 Å². The molecule has 0 radical (unpaired) electrons. The van der Waals surface area contributed by atoms with Crippen molar-refractivity contribution in [1.82, 2.24) is 0 Å². The molecular weight excluding hydrogens is 397 g/mol. The standard InChI is InChI=1S/C18H17Cl2NO2S2/c19-13-4-7-16(15(20)10-13)21-17(22)11-23-14-5-2-12(3-6-14)18-24-8-1-9-25-18/h2-7,10,18H,1,8-9,11H2,(H,21,22). The van der Waals surface area contributed by atoms with E-state index in [1.54, 1.807) is 18.2 Å². The summed E-state index contributed by atoms with van der Waals surface area (Å²) in [4.78, 5) is 12.0. The Labute approximate surface area is 165 Å². The number of anilines is 1. The Morgan fingerprint density at radius 1 is 1.12 bits per heavy atom. The van der Waals surface area contributed by atoms with Crippen molar-refractivity contribution in [2.75, 3.05) is 23.4 Å². The quantitative estimate of drug-likeness (QED) is 0.663. The SMILES string of the molecule is O=C(COc1ccc(C2SCCCS2)cc1)Nc1ccc(Cl)cc1Cl. The average Bonchev–Trinajstić information content (AvgIpc) is 2.63. The van der Waals surface area contributed by atoms with Gasteiger partial charge in [-0.3, -0.25) is 4.79 Å². The monoisotopic (exact) mass is 413 g/mol. The first-order valence-corrected chi connectivity index (χ1v) is 10.7. The lowest BCUT2D eigenvalue weighted by Crippen LogP contribution is -2.20. The molecule has 1 N–H and O–H groups in total. The molecule has 1 amide bonds. The molecule has 0 atom stereocenters. The number of hydrogen-bond acceptors (Lipinski definition) is 4. The molecule has 0 bridgehead atoms. The van der Waals surface area contributed by atoms with Gasteiger partial charge < -0.3 is 10.1 Å². The largest absolute Gasteiger partial charge is 0.484 e. The minimum atomic E-state index is -0.272. The molecule has 1 aliphatic heterocycles. The van der Waals surface area contributed by atoms with Gasteiger partial charge in [0.05, 0.1) is 15.3 Å². The number of benzene rings is 2. The van der Waals surface area contributed by atoms with E-state index in [-0.39, 0.29) is 12.5 Å². The van der Waals surface area contributed by atoms with Crippen molar-refractivity contribution in [3.8, 4) is 5.75 Å². The fourth-order valence-electron chi connectivity index (χ4n) is 2.33. The van der Waals surface area contributed by atoms with Gasteiger partial charge >= 0.3 is 0 Å². The Bertz CT molecular complexity index is 734. The lowest BCUT2D eigenvalue weighted by Gasteiger charge is -2.21. The molecule has 1 saturated heterocycles. The van der Waals surface area contributed by atoms with E-state index in [0.29, 0.717) is 26.1 Å². The first-order valence-electron chi connectivity index (χ1n) is 7.83. The van der Waals surface area contributed by atoms with Crippen LogP contribution in [-0.2, 0) is 4.79 Å². The maximum Gasteiger partial charge on any atom is 0.262 e. The predicted molar refractivity (Wildman–Crippen MR) is 109 cm³/mol. The van der Waals surface area contributed by atoms with Gasteiger partial charge in [0.1, 0.15) is 5.75 Å². The number of carbonyl (C=O) groups excluding carboxylic acids is 1. The molecule has 7 heteroatoms. The van der Waals surface area contributed by atoms with Crippen molar-refractivity contribution in [3.05, 3.63) is 58.1 Å². The van der Waals surface area contributed by atoms with Gasteiger partial charge in [0.15, 0.2) is 6.61 Å². The van der Waals surface area contributed by atoms with Crippen LogP contribution >= 0.6 is 46.7 Å². The molecule has 0 aromatic heterocycles. The molecule has 25 heavy (non-hydrogen) atoms. The van der Waals surface area contributed by atoms with E-state index in [9.17, 15) is 4.79 Å². The van der Waals surface area contributed by atoms with Gasteiger partial charge in [-0.2, -0.15) is 0 Å². The Hall–Kier alpha value is -1.01. The number of amides is 1. The minimum absolute atomic E-state index is 0.0781. The van der Waals surface area contributed by atoms with Crippen LogP contribution in [0.1, 0.15) is 16.6 Å². The van der Waals surface area contributed by atoms with Crippen LogP contribution in [0.2, 0.25) is 10.0 Å². The first-order chi connectivity index (χ1) is 12.1. The molecule has 0 spiro atoms. The van der Waals surface area contributed by atoms with E-state index < -0.39 is 0 Å². The van der Waals surface area contributed by atoms with Crippen molar-refractivity contribution in [1.29, 1.82) is 0 Å². The Morgan fingerprint density at radius 2 is 1.84 bits per heavy atom. The van der Waals surface area contributed by atoms with Crippen LogP contribution in [0.15, 0.2) is 42.5 Å². The van der Waals surface area contributed by atoms with Gasteiger partial charge in [0.2, 0.25) is 0 Å². The number of ether oxygens (including phenoxy) is 1. The third-order valence-corrected chi connectivity index (χ3v) is 7.12. The molecule has 2 aromatic rings.